The molecule has 0 aromatic carbocycles. The number of halogens is 2. The Morgan fingerprint density at radius 3 is 2.79 bits per heavy atom. The van der Waals surface area contributed by atoms with E-state index in [0.717, 1.165) is 49.0 Å². The van der Waals surface area contributed by atoms with Crippen LogP contribution in [0.3, 0.4) is 0 Å². The van der Waals surface area contributed by atoms with E-state index < -0.39 is 0 Å². The number of hydrogen-bond acceptors (Lipinski definition) is 7. The molecule has 2 aromatic heterocycles. The molecule has 1 aliphatic heterocycles. The van der Waals surface area contributed by atoms with Gasteiger partial charge in [-0.05, 0) is 38.9 Å². The highest BCUT2D eigenvalue weighted by atomic mass is 35.5. The van der Waals surface area contributed by atoms with E-state index in [9.17, 15) is 0 Å². The largest absolute Gasteiger partial charge is 0.487 e. The van der Waals surface area contributed by atoms with Gasteiger partial charge in [0.2, 0.25) is 0 Å². The van der Waals surface area contributed by atoms with E-state index in [0.29, 0.717) is 19.8 Å². The Kier molecular flexibility index (Phi) is 11.1. The number of ether oxygens (including phenoxy) is 2. The van der Waals surface area contributed by atoms with Crippen LogP contribution in [0.1, 0.15) is 30.9 Å². The number of hydrogen-bond donors (Lipinski definition) is 2. The minimum absolute atomic E-state index is 0. The van der Waals surface area contributed by atoms with Crippen LogP contribution in [0.2, 0.25) is 0 Å². The van der Waals surface area contributed by atoms with Gasteiger partial charge in [0.1, 0.15) is 24.3 Å². The molecule has 1 aliphatic rings. The van der Waals surface area contributed by atoms with Gasteiger partial charge in [-0.15, -0.1) is 24.8 Å². The number of nitrogens with one attached hydrogen (secondary N) is 2. The molecule has 2 aromatic rings. The van der Waals surface area contributed by atoms with Crippen LogP contribution in [-0.4, -0.2) is 47.3 Å². The lowest BCUT2D eigenvalue weighted by Crippen LogP contribution is -2.24. The predicted molar refractivity (Wildman–Crippen MR) is 115 cm³/mol. The van der Waals surface area contributed by atoms with Crippen LogP contribution in [0.5, 0.6) is 5.75 Å². The summed E-state index contributed by atoms with van der Waals surface area (Å²) in [4.78, 5) is 13.5. The molecule has 0 aliphatic carbocycles. The maximum atomic E-state index is 5.89. The van der Waals surface area contributed by atoms with Crippen molar-refractivity contribution in [1.29, 1.82) is 0 Å². The van der Waals surface area contributed by atoms with E-state index in [1.54, 1.807) is 12.4 Å². The van der Waals surface area contributed by atoms with Crippen LogP contribution in [-0.2, 0) is 24.2 Å². The van der Waals surface area contributed by atoms with E-state index in [1.165, 1.54) is 5.56 Å². The van der Waals surface area contributed by atoms with Crippen LogP contribution in [0.15, 0.2) is 24.5 Å². The molecule has 0 spiro atoms. The summed E-state index contributed by atoms with van der Waals surface area (Å²) < 4.78 is 11.4. The minimum Gasteiger partial charge on any atom is -0.487 e. The molecule has 3 heterocycles. The molecule has 156 valence electrons. The van der Waals surface area contributed by atoms with Gasteiger partial charge in [0, 0.05) is 31.3 Å². The first kappa shape index (κ1) is 24.4. The molecule has 0 saturated carbocycles. The summed E-state index contributed by atoms with van der Waals surface area (Å²) in [5.74, 6) is 2.40. The lowest BCUT2D eigenvalue weighted by atomic mass is 10.1. The summed E-state index contributed by atoms with van der Waals surface area (Å²) >= 11 is 0. The highest BCUT2D eigenvalue weighted by molar-refractivity contribution is 5.85. The first-order chi connectivity index (χ1) is 12.8. The summed E-state index contributed by atoms with van der Waals surface area (Å²) in [6.07, 6.45) is 5.28. The fraction of sp³-hybridized carbons (Fsp3) is 0.526. The molecule has 7 nitrogen and oxygen atoms in total. The van der Waals surface area contributed by atoms with Gasteiger partial charge in [0.25, 0.3) is 0 Å². The first-order valence-electron chi connectivity index (χ1n) is 9.24. The van der Waals surface area contributed by atoms with Crippen LogP contribution < -0.4 is 15.4 Å². The Morgan fingerprint density at radius 2 is 2.04 bits per heavy atom. The van der Waals surface area contributed by atoms with E-state index in [-0.39, 0.29) is 30.9 Å². The number of rotatable bonds is 8. The lowest BCUT2D eigenvalue weighted by molar-refractivity contribution is 0.128. The SMILES string of the molecule is CCOCc1nc2c(c(NCC(C)Oc3cccnc3)n1)CCNCC2.Cl.Cl. The second-order valence-corrected chi connectivity index (χ2v) is 6.30. The van der Waals surface area contributed by atoms with Crippen LogP contribution in [0, 0.1) is 0 Å². The van der Waals surface area contributed by atoms with Crippen LogP contribution >= 0.6 is 24.8 Å². The molecule has 0 fully saturated rings. The van der Waals surface area contributed by atoms with Gasteiger partial charge in [0.15, 0.2) is 5.82 Å². The van der Waals surface area contributed by atoms with Gasteiger partial charge in [-0.25, -0.2) is 9.97 Å². The number of fused-ring (bicyclic) bond motifs is 1. The Morgan fingerprint density at radius 1 is 1.21 bits per heavy atom. The third-order valence-corrected chi connectivity index (χ3v) is 4.19. The molecule has 0 amide bonds. The average Bonchev–Trinajstić information content (AvgIpc) is 2.91. The zero-order chi connectivity index (χ0) is 18.2. The van der Waals surface area contributed by atoms with Crippen LogP contribution in [0.4, 0.5) is 5.82 Å². The molecule has 28 heavy (non-hydrogen) atoms. The topological polar surface area (TPSA) is 81.2 Å². The summed E-state index contributed by atoms with van der Waals surface area (Å²) in [5.41, 5.74) is 2.31. The summed E-state index contributed by atoms with van der Waals surface area (Å²) in [6.45, 7) is 7.64. The molecule has 1 atom stereocenters. The second-order valence-electron chi connectivity index (χ2n) is 6.30. The molecule has 0 radical (unpaired) electrons. The van der Waals surface area contributed by atoms with Crippen molar-refractivity contribution in [2.45, 2.75) is 39.4 Å². The third-order valence-electron chi connectivity index (χ3n) is 4.19. The maximum absolute atomic E-state index is 5.89. The van der Waals surface area contributed by atoms with Crippen molar-refractivity contribution in [3.05, 3.63) is 41.6 Å². The maximum Gasteiger partial charge on any atom is 0.156 e. The second kappa shape index (κ2) is 12.7. The standard InChI is InChI=1S/C19H27N5O2.2ClH/c1-3-25-13-18-23-17-7-10-20-9-6-16(17)19(24-18)22-11-14(2)26-15-5-4-8-21-12-15;;/h4-5,8,12,14,20H,3,6-7,9-11,13H2,1-2H3,(H,22,23,24);2*1H. The Balaban J connectivity index is 0.00000196. The zero-order valence-electron chi connectivity index (χ0n) is 16.3. The van der Waals surface area contributed by atoms with Crippen LogP contribution in [0.25, 0.3) is 0 Å². The zero-order valence-corrected chi connectivity index (χ0v) is 17.9. The van der Waals surface area contributed by atoms with Crippen molar-refractivity contribution >= 4 is 30.6 Å². The molecule has 1 unspecified atom stereocenters. The summed E-state index contributed by atoms with van der Waals surface area (Å²) in [6, 6.07) is 3.78. The molecule has 3 rings (SSSR count). The van der Waals surface area contributed by atoms with E-state index in [1.807, 2.05) is 26.0 Å². The molecule has 0 saturated heterocycles. The van der Waals surface area contributed by atoms with Gasteiger partial charge < -0.3 is 20.1 Å². The monoisotopic (exact) mass is 429 g/mol. The normalized spacial score (nSPS) is 13.9. The minimum atomic E-state index is -0.0101. The number of pyridine rings is 1. The van der Waals surface area contributed by atoms with Crippen molar-refractivity contribution in [3.8, 4) is 5.75 Å². The molecular weight excluding hydrogens is 401 g/mol. The van der Waals surface area contributed by atoms with Crippen molar-refractivity contribution in [1.82, 2.24) is 20.3 Å². The van der Waals surface area contributed by atoms with E-state index in [4.69, 9.17) is 19.4 Å². The van der Waals surface area contributed by atoms with Gasteiger partial charge in [-0.3, -0.25) is 4.98 Å². The Labute approximate surface area is 178 Å². The molecular formula is C19H29Cl2N5O2. The highest BCUT2D eigenvalue weighted by Crippen LogP contribution is 2.20. The van der Waals surface area contributed by atoms with Crippen molar-refractivity contribution < 1.29 is 9.47 Å². The average molecular weight is 430 g/mol. The summed E-state index contributed by atoms with van der Waals surface area (Å²) in [7, 11) is 0. The highest BCUT2D eigenvalue weighted by Gasteiger charge is 2.17. The molecule has 0 bridgehead atoms. The predicted octanol–water partition coefficient (Wildman–Crippen LogP) is 2.82. The molecule has 2 N–H and O–H groups in total. The number of anilines is 1. The Bertz CT molecular complexity index is 706. The summed E-state index contributed by atoms with van der Waals surface area (Å²) in [5, 5.41) is 6.88. The quantitative estimate of drug-likeness (QED) is 0.667. The van der Waals surface area contributed by atoms with Gasteiger partial charge in [0.05, 0.1) is 18.4 Å². The fourth-order valence-electron chi connectivity index (χ4n) is 2.93. The van der Waals surface area contributed by atoms with Gasteiger partial charge in [-0.2, -0.15) is 0 Å². The van der Waals surface area contributed by atoms with E-state index in [2.05, 4.69) is 15.6 Å². The Hall–Kier alpha value is -1.67. The smallest absolute Gasteiger partial charge is 0.156 e. The first-order valence-corrected chi connectivity index (χ1v) is 9.24. The van der Waals surface area contributed by atoms with Gasteiger partial charge in [-0.1, -0.05) is 0 Å². The van der Waals surface area contributed by atoms with Gasteiger partial charge >= 0.3 is 0 Å². The van der Waals surface area contributed by atoms with E-state index >= 15 is 0 Å². The lowest BCUT2D eigenvalue weighted by Gasteiger charge is -2.18. The van der Waals surface area contributed by atoms with Crippen molar-refractivity contribution in [2.75, 3.05) is 31.6 Å². The molecule has 9 heteroatoms. The number of aromatic nitrogens is 3. The fourth-order valence-corrected chi connectivity index (χ4v) is 2.93. The van der Waals surface area contributed by atoms with Crippen molar-refractivity contribution in [3.63, 3.8) is 0 Å². The van der Waals surface area contributed by atoms with Crippen molar-refractivity contribution in [2.24, 2.45) is 0 Å². The number of nitrogens with zero attached hydrogens (tertiary/aromatic N) is 3. The third kappa shape index (κ3) is 7.05.